The average Bonchev–Trinajstić information content (AvgIpc) is 2.91. The molecule has 4 heteroatoms. The lowest BCUT2D eigenvalue weighted by Gasteiger charge is -2.17. The molecule has 2 aromatic rings. The number of hydrogen-bond donors (Lipinski definition) is 2. The Bertz CT molecular complexity index is 626. The highest BCUT2D eigenvalue weighted by Crippen LogP contribution is 2.26. The summed E-state index contributed by atoms with van der Waals surface area (Å²) in [5, 5.41) is 6.78. The second-order valence-electron chi connectivity index (χ2n) is 5.58. The number of rotatable bonds is 4. The summed E-state index contributed by atoms with van der Waals surface area (Å²) in [5.41, 5.74) is 3.99. The van der Waals surface area contributed by atoms with Gasteiger partial charge in [0.25, 0.3) is 0 Å². The zero-order valence-electron chi connectivity index (χ0n) is 12.9. The molecule has 0 saturated heterocycles. The van der Waals surface area contributed by atoms with E-state index in [1.54, 1.807) is 0 Å². The van der Waals surface area contributed by atoms with Crippen molar-refractivity contribution in [2.24, 2.45) is 0 Å². The SMILES string of the molecule is CCc1nc(NC)c(C)c(NC2Cc3ccccc3C2)n1. The van der Waals surface area contributed by atoms with E-state index in [2.05, 4.69) is 58.7 Å². The van der Waals surface area contributed by atoms with Crippen molar-refractivity contribution in [1.29, 1.82) is 0 Å². The molecule has 0 atom stereocenters. The minimum atomic E-state index is 0.422. The van der Waals surface area contributed by atoms with Crippen LogP contribution in [0.3, 0.4) is 0 Å². The van der Waals surface area contributed by atoms with Crippen LogP contribution >= 0.6 is 0 Å². The molecule has 110 valence electrons. The highest BCUT2D eigenvalue weighted by Gasteiger charge is 2.22. The van der Waals surface area contributed by atoms with Crippen molar-refractivity contribution in [2.45, 2.75) is 39.2 Å². The van der Waals surface area contributed by atoms with E-state index in [9.17, 15) is 0 Å². The molecule has 0 radical (unpaired) electrons. The van der Waals surface area contributed by atoms with E-state index in [1.807, 2.05) is 7.05 Å². The van der Waals surface area contributed by atoms with E-state index >= 15 is 0 Å². The monoisotopic (exact) mass is 282 g/mol. The summed E-state index contributed by atoms with van der Waals surface area (Å²) in [6, 6.07) is 9.10. The zero-order valence-corrected chi connectivity index (χ0v) is 12.9. The molecular formula is C17H22N4. The molecule has 3 rings (SSSR count). The fourth-order valence-corrected chi connectivity index (χ4v) is 2.96. The number of aryl methyl sites for hydroxylation is 1. The number of anilines is 2. The molecule has 1 aliphatic carbocycles. The predicted octanol–water partition coefficient (Wildman–Crippen LogP) is 2.97. The Labute approximate surface area is 126 Å². The normalized spacial score (nSPS) is 14.0. The van der Waals surface area contributed by atoms with Gasteiger partial charge >= 0.3 is 0 Å². The number of fused-ring (bicyclic) bond motifs is 1. The molecule has 0 amide bonds. The summed E-state index contributed by atoms with van der Waals surface area (Å²) >= 11 is 0. The quantitative estimate of drug-likeness (QED) is 0.905. The van der Waals surface area contributed by atoms with E-state index in [1.165, 1.54) is 11.1 Å². The second kappa shape index (κ2) is 5.72. The van der Waals surface area contributed by atoms with Crippen LogP contribution < -0.4 is 10.6 Å². The summed E-state index contributed by atoms with van der Waals surface area (Å²) in [5.74, 6) is 2.76. The van der Waals surface area contributed by atoms with Crippen LogP contribution in [0, 0.1) is 6.92 Å². The van der Waals surface area contributed by atoms with Crippen LogP contribution in [0.5, 0.6) is 0 Å². The summed E-state index contributed by atoms with van der Waals surface area (Å²) in [6.45, 7) is 4.15. The maximum atomic E-state index is 4.66. The van der Waals surface area contributed by atoms with Gasteiger partial charge in [0.1, 0.15) is 17.5 Å². The van der Waals surface area contributed by atoms with E-state index in [-0.39, 0.29) is 0 Å². The van der Waals surface area contributed by atoms with Crippen LogP contribution in [-0.4, -0.2) is 23.1 Å². The molecule has 1 heterocycles. The zero-order chi connectivity index (χ0) is 14.8. The van der Waals surface area contributed by atoms with Crippen LogP contribution in [-0.2, 0) is 19.3 Å². The molecule has 0 saturated carbocycles. The lowest BCUT2D eigenvalue weighted by atomic mass is 10.1. The molecule has 0 fully saturated rings. The van der Waals surface area contributed by atoms with Crippen molar-refractivity contribution >= 4 is 11.6 Å². The number of hydrogen-bond acceptors (Lipinski definition) is 4. The molecule has 4 nitrogen and oxygen atoms in total. The topological polar surface area (TPSA) is 49.8 Å². The molecule has 0 bridgehead atoms. The van der Waals surface area contributed by atoms with Crippen LogP contribution in [0.15, 0.2) is 24.3 Å². The first-order chi connectivity index (χ1) is 10.2. The van der Waals surface area contributed by atoms with Gasteiger partial charge in [0.05, 0.1) is 0 Å². The Morgan fingerprint density at radius 1 is 1.10 bits per heavy atom. The Kier molecular flexibility index (Phi) is 3.78. The fraction of sp³-hybridized carbons (Fsp3) is 0.412. The molecule has 1 aromatic heterocycles. The number of nitrogens with zero attached hydrogens (tertiary/aromatic N) is 2. The van der Waals surface area contributed by atoms with Crippen molar-refractivity contribution in [3.05, 3.63) is 46.8 Å². The minimum absolute atomic E-state index is 0.422. The highest BCUT2D eigenvalue weighted by atomic mass is 15.1. The number of nitrogens with one attached hydrogen (secondary N) is 2. The van der Waals surface area contributed by atoms with Crippen LogP contribution in [0.4, 0.5) is 11.6 Å². The molecule has 2 N–H and O–H groups in total. The van der Waals surface area contributed by atoms with Gasteiger partial charge < -0.3 is 10.6 Å². The average molecular weight is 282 g/mol. The smallest absolute Gasteiger partial charge is 0.135 e. The van der Waals surface area contributed by atoms with Crippen molar-refractivity contribution in [3.63, 3.8) is 0 Å². The first-order valence-corrected chi connectivity index (χ1v) is 7.59. The summed E-state index contributed by atoms with van der Waals surface area (Å²) in [4.78, 5) is 9.19. The molecule has 21 heavy (non-hydrogen) atoms. The lowest BCUT2D eigenvalue weighted by molar-refractivity contribution is 0.762. The molecule has 1 aromatic carbocycles. The van der Waals surface area contributed by atoms with Gasteiger partial charge in [-0.15, -0.1) is 0 Å². The Morgan fingerprint density at radius 2 is 1.71 bits per heavy atom. The van der Waals surface area contributed by atoms with Gasteiger partial charge in [0.2, 0.25) is 0 Å². The summed E-state index contributed by atoms with van der Waals surface area (Å²) < 4.78 is 0. The molecule has 0 unspecified atom stereocenters. The van der Waals surface area contributed by atoms with E-state index in [0.29, 0.717) is 6.04 Å². The van der Waals surface area contributed by atoms with Crippen LogP contribution in [0.2, 0.25) is 0 Å². The van der Waals surface area contributed by atoms with Crippen LogP contribution in [0.1, 0.15) is 29.4 Å². The Balaban J connectivity index is 1.83. The van der Waals surface area contributed by atoms with E-state index < -0.39 is 0 Å². The minimum Gasteiger partial charge on any atom is -0.373 e. The van der Waals surface area contributed by atoms with Gasteiger partial charge in [-0.1, -0.05) is 31.2 Å². The van der Waals surface area contributed by atoms with Gasteiger partial charge in [0.15, 0.2) is 0 Å². The Morgan fingerprint density at radius 3 is 2.29 bits per heavy atom. The first kappa shape index (κ1) is 13.9. The highest BCUT2D eigenvalue weighted by molar-refractivity contribution is 5.58. The van der Waals surface area contributed by atoms with Crippen molar-refractivity contribution < 1.29 is 0 Å². The lowest BCUT2D eigenvalue weighted by Crippen LogP contribution is -2.22. The van der Waals surface area contributed by atoms with Crippen molar-refractivity contribution in [3.8, 4) is 0 Å². The van der Waals surface area contributed by atoms with Crippen LogP contribution in [0.25, 0.3) is 0 Å². The van der Waals surface area contributed by atoms with E-state index in [4.69, 9.17) is 0 Å². The molecular weight excluding hydrogens is 260 g/mol. The second-order valence-corrected chi connectivity index (χ2v) is 5.58. The van der Waals surface area contributed by atoms with Gasteiger partial charge in [-0.3, -0.25) is 0 Å². The third-order valence-electron chi connectivity index (χ3n) is 4.14. The largest absolute Gasteiger partial charge is 0.373 e. The van der Waals surface area contributed by atoms with Gasteiger partial charge in [-0.2, -0.15) is 0 Å². The fourth-order valence-electron chi connectivity index (χ4n) is 2.96. The molecule has 1 aliphatic rings. The first-order valence-electron chi connectivity index (χ1n) is 7.59. The van der Waals surface area contributed by atoms with E-state index in [0.717, 1.165) is 42.3 Å². The predicted molar refractivity (Wildman–Crippen MR) is 87.0 cm³/mol. The number of benzene rings is 1. The van der Waals surface area contributed by atoms with Gasteiger partial charge in [0, 0.05) is 25.1 Å². The van der Waals surface area contributed by atoms with Gasteiger partial charge in [-0.05, 0) is 30.9 Å². The number of aromatic nitrogens is 2. The molecule has 0 spiro atoms. The maximum Gasteiger partial charge on any atom is 0.135 e. The van der Waals surface area contributed by atoms with Crippen molar-refractivity contribution in [1.82, 2.24) is 9.97 Å². The maximum absolute atomic E-state index is 4.66. The third kappa shape index (κ3) is 2.71. The molecule has 0 aliphatic heterocycles. The van der Waals surface area contributed by atoms with Gasteiger partial charge in [-0.25, -0.2) is 9.97 Å². The Hall–Kier alpha value is -2.10. The summed E-state index contributed by atoms with van der Waals surface area (Å²) in [6.07, 6.45) is 2.97. The van der Waals surface area contributed by atoms with Crippen molar-refractivity contribution in [2.75, 3.05) is 17.7 Å². The summed E-state index contributed by atoms with van der Waals surface area (Å²) in [7, 11) is 1.91. The third-order valence-corrected chi connectivity index (χ3v) is 4.14. The standard InChI is InChI=1S/C17H22N4/c1-4-15-20-16(18-3)11(2)17(21-15)19-14-9-12-7-5-6-8-13(12)10-14/h5-8,14H,4,9-10H2,1-3H3,(H2,18,19,20,21).